The number of fused-ring (bicyclic) bond motifs is 3. The molecule has 2 aliphatic carbocycles. The molecule has 2 fully saturated rings. The second-order valence-electron chi connectivity index (χ2n) is 8.05. The molecule has 8 heteroatoms. The van der Waals surface area contributed by atoms with E-state index < -0.39 is 10.0 Å². The maximum absolute atomic E-state index is 12.4. The quantitative estimate of drug-likeness (QED) is 0.704. The summed E-state index contributed by atoms with van der Waals surface area (Å²) in [7, 11) is -3.16. The predicted molar refractivity (Wildman–Crippen MR) is 104 cm³/mol. The average Bonchev–Trinajstić information content (AvgIpc) is 3.14. The van der Waals surface area contributed by atoms with Gasteiger partial charge in [0.2, 0.25) is 10.0 Å². The third-order valence-electron chi connectivity index (χ3n) is 6.23. The molecule has 5 rings (SSSR count). The number of imidazole rings is 1. The van der Waals surface area contributed by atoms with Gasteiger partial charge in [0.15, 0.2) is 5.65 Å². The summed E-state index contributed by atoms with van der Waals surface area (Å²) in [6.45, 7) is 4.20. The van der Waals surface area contributed by atoms with Crippen molar-refractivity contribution in [2.45, 2.75) is 63.2 Å². The summed E-state index contributed by atoms with van der Waals surface area (Å²) < 4.78 is 30.0. The normalized spacial score (nSPS) is 26.4. The van der Waals surface area contributed by atoms with Crippen molar-refractivity contribution in [1.82, 2.24) is 24.1 Å². The Bertz CT molecular complexity index is 1110. The zero-order valence-electron chi connectivity index (χ0n) is 15.6. The van der Waals surface area contributed by atoms with Crippen LogP contribution in [0.15, 0.2) is 18.5 Å². The van der Waals surface area contributed by atoms with E-state index in [1.807, 2.05) is 25.4 Å². The molecule has 2 aliphatic rings. The molecule has 0 aliphatic heterocycles. The molecule has 0 amide bonds. The zero-order chi connectivity index (χ0) is 18.8. The van der Waals surface area contributed by atoms with Crippen LogP contribution in [0.4, 0.5) is 0 Å². The average molecular weight is 388 g/mol. The minimum Gasteiger partial charge on any atom is -0.345 e. The van der Waals surface area contributed by atoms with Crippen molar-refractivity contribution in [3.8, 4) is 0 Å². The molecule has 0 spiro atoms. The second kappa shape index (κ2) is 6.04. The van der Waals surface area contributed by atoms with Gasteiger partial charge < -0.3 is 4.98 Å². The van der Waals surface area contributed by atoms with Gasteiger partial charge in [-0.3, -0.25) is 4.40 Å². The van der Waals surface area contributed by atoms with Gasteiger partial charge in [0.05, 0.1) is 28.2 Å². The van der Waals surface area contributed by atoms with Crippen molar-refractivity contribution in [1.29, 1.82) is 0 Å². The van der Waals surface area contributed by atoms with Gasteiger partial charge in [0.25, 0.3) is 0 Å². The number of nitrogens with one attached hydrogen (secondary N) is 2. The molecule has 2 N–H and O–H groups in total. The van der Waals surface area contributed by atoms with Gasteiger partial charge in [-0.05, 0) is 44.6 Å². The molecule has 3 heterocycles. The molecular formula is C19H25N5O2S. The highest BCUT2D eigenvalue weighted by atomic mass is 32.2. The van der Waals surface area contributed by atoms with E-state index in [0.29, 0.717) is 5.92 Å². The van der Waals surface area contributed by atoms with Crippen LogP contribution < -0.4 is 4.72 Å². The number of aromatic amines is 1. The molecule has 7 nitrogen and oxygen atoms in total. The van der Waals surface area contributed by atoms with Crippen LogP contribution in [0.3, 0.4) is 0 Å². The first-order valence-electron chi connectivity index (χ1n) is 9.80. The smallest absolute Gasteiger partial charge is 0.214 e. The standard InChI is InChI=1S/C19H25N5O2S/c1-3-12-8-13(23-27(25,26)14-4-5-14)9-15(12)19-22-11(2)17-10-21-18-16(24(17)19)6-7-20-18/h6-7,10,12-15,20,23H,3-5,8-9H2,1-2H3/t12-,13+,15+/m0/s1. The first-order valence-corrected chi connectivity index (χ1v) is 11.3. The van der Waals surface area contributed by atoms with Crippen molar-refractivity contribution in [2.75, 3.05) is 0 Å². The van der Waals surface area contributed by atoms with Crippen LogP contribution in [-0.2, 0) is 10.0 Å². The predicted octanol–water partition coefficient (Wildman–Crippen LogP) is 2.87. The molecule has 27 heavy (non-hydrogen) atoms. The molecular weight excluding hydrogens is 362 g/mol. The highest BCUT2D eigenvalue weighted by molar-refractivity contribution is 7.90. The number of rotatable bonds is 5. The molecule has 0 aromatic carbocycles. The van der Waals surface area contributed by atoms with Crippen molar-refractivity contribution < 1.29 is 8.42 Å². The van der Waals surface area contributed by atoms with Crippen LogP contribution in [0, 0.1) is 12.8 Å². The van der Waals surface area contributed by atoms with Crippen molar-refractivity contribution in [2.24, 2.45) is 5.92 Å². The minimum atomic E-state index is -3.16. The van der Waals surface area contributed by atoms with Gasteiger partial charge in [0.1, 0.15) is 5.82 Å². The Morgan fingerprint density at radius 3 is 2.85 bits per heavy atom. The Hall–Kier alpha value is -1.93. The molecule has 2 saturated carbocycles. The number of sulfonamides is 1. The van der Waals surface area contributed by atoms with E-state index in [9.17, 15) is 8.42 Å². The summed E-state index contributed by atoms with van der Waals surface area (Å²) in [6, 6.07) is 2.03. The van der Waals surface area contributed by atoms with Crippen molar-refractivity contribution in [3.05, 3.63) is 30.0 Å². The molecule has 3 aromatic heterocycles. The number of hydrogen-bond donors (Lipinski definition) is 2. The summed E-state index contributed by atoms with van der Waals surface area (Å²) in [5.41, 5.74) is 3.87. The first-order chi connectivity index (χ1) is 13.0. The van der Waals surface area contributed by atoms with Gasteiger partial charge in [0, 0.05) is 18.2 Å². The number of H-pyrrole nitrogens is 1. The van der Waals surface area contributed by atoms with Gasteiger partial charge in [-0.15, -0.1) is 0 Å². The van der Waals surface area contributed by atoms with Crippen molar-refractivity contribution >= 4 is 26.7 Å². The molecule has 0 radical (unpaired) electrons. The molecule has 144 valence electrons. The number of nitrogens with zero attached hydrogens (tertiary/aromatic N) is 3. The van der Waals surface area contributed by atoms with E-state index in [0.717, 1.165) is 60.3 Å². The Balaban J connectivity index is 1.54. The monoisotopic (exact) mass is 387 g/mol. The minimum absolute atomic E-state index is 0.00163. The van der Waals surface area contributed by atoms with Crippen LogP contribution in [0.25, 0.3) is 16.7 Å². The fourth-order valence-corrected chi connectivity index (χ4v) is 6.28. The molecule has 0 bridgehead atoms. The van der Waals surface area contributed by atoms with Gasteiger partial charge in [-0.2, -0.15) is 0 Å². The lowest BCUT2D eigenvalue weighted by Crippen LogP contribution is -2.35. The van der Waals surface area contributed by atoms with Crippen LogP contribution in [-0.4, -0.2) is 39.1 Å². The highest BCUT2D eigenvalue weighted by Crippen LogP contribution is 2.43. The summed E-state index contributed by atoms with van der Waals surface area (Å²) >= 11 is 0. The van der Waals surface area contributed by atoms with Crippen molar-refractivity contribution in [3.63, 3.8) is 0 Å². The summed E-state index contributed by atoms with van der Waals surface area (Å²) in [5.74, 6) is 1.70. The maximum atomic E-state index is 12.4. The van der Waals surface area contributed by atoms with E-state index in [-0.39, 0.29) is 17.2 Å². The Kier molecular flexibility index (Phi) is 3.84. The lowest BCUT2D eigenvalue weighted by Gasteiger charge is -2.17. The van der Waals surface area contributed by atoms with Crippen LogP contribution in [0.1, 0.15) is 56.5 Å². The van der Waals surface area contributed by atoms with Gasteiger partial charge >= 0.3 is 0 Å². The van der Waals surface area contributed by atoms with Crippen LogP contribution in [0.5, 0.6) is 0 Å². The Labute approximate surface area is 158 Å². The lowest BCUT2D eigenvalue weighted by atomic mass is 9.93. The fraction of sp³-hybridized carbons (Fsp3) is 0.579. The van der Waals surface area contributed by atoms with Gasteiger partial charge in [-0.1, -0.05) is 13.3 Å². The maximum Gasteiger partial charge on any atom is 0.214 e. The Morgan fingerprint density at radius 2 is 2.11 bits per heavy atom. The van der Waals surface area contributed by atoms with E-state index in [2.05, 4.69) is 26.0 Å². The van der Waals surface area contributed by atoms with Gasteiger partial charge in [-0.25, -0.2) is 23.1 Å². The Morgan fingerprint density at radius 1 is 1.30 bits per heavy atom. The third kappa shape index (κ3) is 2.77. The summed E-state index contributed by atoms with van der Waals surface area (Å²) in [4.78, 5) is 12.6. The third-order valence-corrected chi connectivity index (χ3v) is 8.24. The highest BCUT2D eigenvalue weighted by Gasteiger charge is 2.42. The zero-order valence-corrected chi connectivity index (χ0v) is 16.5. The van der Waals surface area contributed by atoms with Crippen LogP contribution in [0.2, 0.25) is 0 Å². The molecule has 3 atom stereocenters. The van der Waals surface area contributed by atoms with E-state index in [1.54, 1.807) is 0 Å². The SMILES string of the molecule is CC[C@H]1C[C@@H](NS(=O)(=O)C2CC2)C[C@H]1c1nc(C)c2cnc3[nH]ccc3n12. The van der Waals surface area contributed by atoms with E-state index >= 15 is 0 Å². The number of aromatic nitrogens is 4. The topological polar surface area (TPSA) is 92.2 Å². The second-order valence-corrected chi connectivity index (χ2v) is 10.0. The van der Waals surface area contributed by atoms with Crippen LogP contribution >= 0.6 is 0 Å². The molecule has 0 saturated heterocycles. The number of aryl methyl sites for hydroxylation is 1. The summed E-state index contributed by atoms with van der Waals surface area (Å²) in [5, 5.41) is -0.170. The largest absolute Gasteiger partial charge is 0.345 e. The summed E-state index contributed by atoms with van der Waals surface area (Å²) in [6.07, 6.45) is 8.06. The van der Waals surface area contributed by atoms with E-state index in [4.69, 9.17) is 4.98 Å². The number of hydrogen-bond acceptors (Lipinski definition) is 4. The molecule has 0 unspecified atom stereocenters. The fourth-order valence-electron chi connectivity index (χ4n) is 4.67. The molecule has 3 aromatic rings. The lowest BCUT2D eigenvalue weighted by molar-refractivity contribution is 0.450. The first kappa shape index (κ1) is 17.2. The van der Waals surface area contributed by atoms with E-state index in [1.165, 1.54) is 0 Å².